The van der Waals surface area contributed by atoms with Gasteiger partial charge >= 0.3 is 6.18 Å². The topological polar surface area (TPSA) is 25.2 Å². The molecular formula is C13H12F3NOS. The number of hydrogen-bond acceptors (Lipinski definition) is 3. The molecule has 2 nitrogen and oxygen atoms in total. The summed E-state index contributed by atoms with van der Waals surface area (Å²) in [7, 11) is 0. The summed E-state index contributed by atoms with van der Waals surface area (Å²) in [4.78, 5) is 0.586. The summed E-state index contributed by atoms with van der Waals surface area (Å²) in [5, 5.41) is 3.10. The zero-order valence-electron chi connectivity index (χ0n) is 9.91. The first-order valence-corrected chi connectivity index (χ1v) is 6.57. The van der Waals surface area contributed by atoms with Crippen molar-refractivity contribution in [2.75, 3.05) is 11.1 Å². The van der Waals surface area contributed by atoms with Crippen LogP contribution in [-0.4, -0.2) is 11.9 Å². The standard InChI is InChI=1S/C13H12F3NOS/c14-13(15,16)9-19-12-4-2-1-3-11(12)17-7-10-5-6-18-8-10/h1-6,8,17H,7,9H2. The zero-order valence-corrected chi connectivity index (χ0v) is 10.7. The first-order valence-electron chi connectivity index (χ1n) is 5.58. The van der Waals surface area contributed by atoms with Crippen molar-refractivity contribution in [1.29, 1.82) is 0 Å². The molecule has 0 saturated carbocycles. The molecule has 0 saturated heterocycles. The maximum Gasteiger partial charge on any atom is 0.398 e. The van der Waals surface area contributed by atoms with Gasteiger partial charge in [0.1, 0.15) is 0 Å². The van der Waals surface area contributed by atoms with E-state index >= 15 is 0 Å². The summed E-state index contributed by atoms with van der Waals surface area (Å²) < 4.78 is 41.6. The first kappa shape index (κ1) is 13.9. The van der Waals surface area contributed by atoms with Crippen LogP contribution in [0.15, 0.2) is 52.2 Å². The minimum Gasteiger partial charge on any atom is -0.472 e. The fraction of sp³-hybridized carbons (Fsp3) is 0.231. The van der Waals surface area contributed by atoms with Crippen molar-refractivity contribution < 1.29 is 17.6 Å². The molecule has 0 amide bonds. The van der Waals surface area contributed by atoms with Crippen molar-refractivity contribution in [2.24, 2.45) is 0 Å². The molecule has 6 heteroatoms. The number of thioether (sulfide) groups is 1. The SMILES string of the molecule is FC(F)(F)CSc1ccccc1NCc1ccoc1. The summed E-state index contributed by atoms with van der Waals surface area (Å²) in [6.45, 7) is 0.514. The smallest absolute Gasteiger partial charge is 0.398 e. The fourth-order valence-corrected chi connectivity index (χ4v) is 2.28. The lowest BCUT2D eigenvalue weighted by molar-refractivity contribution is -0.105. The highest BCUT2D eigenvalue weighted by Gasteiger charge is 2.27. The largest absolute Gasteiger partial charge is 0.472 e. The van der Waals surface area contributed by atoms with E-state index in [2.05, 4.69) is 5.32 Å². The molecule has 1 aromatic carbocycles. The Labute approximate surface area is 113 Å². The van der Waals surface area contributed by atoms with E-state index < -0.39 is 11.9 Å². The summed E-state index contributed by atoms with van der Waals surface area (Å²) in [6.07, 6.45) is -1.01. The van der Waals surface area contributed by atoms with Gasteiger partial charge in [-0.1, -0.05) is 12.1 Å². The Balaban J connectivity index is 1.99. The Morgan fingerprint density at radius 2 is 1.95 bits per heavy atom. The number of anilines is 1. The van der Waals surface area contributed by atoms with Gasteiger partial charge in [0.25, 0.3) is 0 Å². The summed E-state index contributed by atoms with van der Waals surface area (Å²) in [5.74, 6) is -0.891. The molecule has 2 aromatic rings. The number of rotatable bonds is 5. The number of furan rings is 1. The molecule has 0 unspecified atom stereocenters. The first-order chi connectivity index (χ1) is 9.04. The van der Waals surface area contributed by atoms with Gasteiger partial charge in [-0.3, -0.25) is 0 Å². The van der Waals surface area contributed by atoms with Crippen LogP contribution >= 0.6 is 11.8 Å². The molecule has 1 heterocycles. The van der Waals surface area contributed by atoms with Crippen LogP contribution in [0.1, 0.15) is 5.56 Å². The summed E-state index contributed by atoms with van der Waals surface area (Å²) >= 11 is 0.780. The van der Waals surface area contributed by atoms with Crippen LogP contribution in [0.2, 0.25) is 0 Å². The second-order valence-corrected chi connectivity index (χ2v) is 4.90. The van der Waals surface area contributed by atoms with Crippen molar-refractivity contribution in [2.45, 2.75) is 17.6 Å². The van der Waals surface area contributed by atoms with Crippen LogP contribution in [0.4, 0.5) is 18.9 Å². The average Bonchev–Trinajstić information content (AvgIpc) is 2.87. The Morgan fingerprint density at radius 3 is 2.63 bits per heavy atom. The zero-order chi connectivity index (χ0) is 13.7. The minimum atomic E-state index is -4.16. The number of benzene rings is 1. The van der Waals surface area contributed by atoms with Crippen molar-refractivity contribution in [3.05, 3.63) is 48.4 Å². The number of alkyl halides is 3. The second-order valence-electron chi connectivity index (χ2n) is 3.89. The molecule has 1 N–H and O–H groups in total. The lowest BCUT2D eigenvalue weighted by Gasteiger charge is -2.12. The number of para-hydroxylation sites is 1. The summed E-state index contributed by atoms with van der Waals surface area (Å²) in [5.41, 5.74) is 1.63. The lowest BCUT2D eigenvalue weighted by Crippen LogP contribution is -2.11. The Bertz CT molecular complexity index is 511. The molecule has 0 bridgehead atoms. The van der Waals surface area contributed by atoms with Crippen LogP contribution in [0.5, 0.6) is 0 Å². The Kier molecular flexibility index (Phi) is 4.42. The van der Waals surface area contributed by atoms with Gasteiger partial charge in [-0.15, -0.1) is 11.8 Å². The fourth-order valence-electron chi connectivity index (χ4n) is 1.49. The molecule has 102 valence electrons. The maximum atomic E-state index is 12.2. The second kappa shape index (κ2) is 6.06. The third-order valence-electron chi connectivity index (χ3n) is 2.34. The van der Waals surface area contributed by atoms with E-state index in [0.717, 1.165) is 17.3 Å². The van der Waals surface area contributed by atoms with Gasteiger partial charge in [-0.05, 0) is 18.2 Å². The number of hydrogen-bond donors (Lipinski definition) is 1. The molecular weight excluding hydrogens is 275 g/mol. The highest BCUT2D eigenvalue weighted by atomic mass is 32.2. The van der Waals surface area contributed by atoms with E-state index in [9.17, 15) is 13.2 Å². The predicted octanol–water partition coefficient (Wildman–Crippen LogP) is 4.55. The van der Waals surface area contributed by atoms with Crippen molar-refractivity contribution in [1.82, 2.24) is 0 Å². The van der Waals surface area contributed by atoms with Crippen LogP contribution in [0.25, 0.3) is 0 Å². The summed E-state index contributed by atoms with van der Waals surface area (Å²) in [6, 6.07) is 8.75. The van der Waals surface area contributed by atoms with E-state index in [-0.39, 0.29) is 0 Å². The van der Waals surface area contributed by atoms with Crippen LogP contribution in [-0.2, 0) is 6.54 Å². The molecule has 0 aliphatic rings. The van der Waals surface area contributed by atoms with Gasteiger partial charge in [0.2, 0.25) is 0 Å². The quantitative estimate of drug-likeness (QED) is 0.817. The molecule has 0 atom stereocenters. The highest BCUT2D eigenvalue weighted by Crippen LogP contribution is 2.32. The van der Waals surface area contributed by atoms with E-state index in [4.69, 9.17) is 4.42 Å². The number of nitrogens with one attached hydrogen (secondary N) is 1. The van der Waals surface area contributed by atoms with Crippen LogP contribution in [0.3, 0.4) is 0 Å². The lowest BCUT2D eigenvalue weighted by atomic mass is 10.3. The van der Waals surface area contributed by atoms with E-state index in [1.165, 1.54) is 0 Å². The van der Waals surface area contributed by atoms with Crippen molar-refractivity contribution in [3.8, 4) is 0 Å². The highest BCUT2D eigenvalue weighted by molar-refractivity contribution is 7.99. The molecule has 0 aliphatic heterocycles. The molecule has 0 spiro atoms. The Hall–Kier alpha value is -1.56. The molecule has 2 rings (SSSR count). The van der Waals surface area contributed by atoms with Crippen molar-refractivity contribution >= 4 is 17.4 Å². The maximum absolute atomic E-state index is 12.2. The number of halogens is 3. The minimum absolute atomic E-state index is 0.514. The van der Waals surface area contributed by atoms with Crippen LogP contribution < -0.4 is 5.32 Å². The van der Waals surface area contributed by atoms with Crippen LogP contribution in [0, 0.1) is 0 Å². The molecule has 0 aliphatic carbocycles. The van der Waals surface area contributed by atoms with Crippen molar-refractivity contribution in [3.63, 3.8) is 0 Å². The Morgan fingerprint density at radius 1 is 1.16 bits per heavy atom. The molecule has 0 radical (unpaired) electrons. The van der Waals surface area contributed by atoms with Gasteiger partial charge in [0.05, 0.1) is 18.3 Å². The monoisotopic (exact) mass is 287 g/mol. The average molecular weight is 287 g/mol. The third kappa shape index (κ3) is 4.55. The van der Waals surface area contributed by atoms with Gasteiger partial charge in [0.15, 0.2) is 0 Å². The molecule has 19 heavy (non-hydrogen) atoms. The van der Waals surface area contributed by atoms with E-state index in [0.29, 0.717) is 17.1 Å². The predicted molar refractivity (Wildman–Crippen MR) is 69.3 cm³/mol. The van der Waals surface area contributed by atoms with Gasteiger partial charge in [0, 0.05) is 22.7 Å². The van der Waals surface area contributed by atoms with E-state index in [1.807, 2.05) is 0 Å². The van der Waals surface area contributed by atoms with E-state index in [1.54, 1.807) is 42.9 Å². The third-order valence-corrected chi connectivity index (χ3v) is 3.48. The molecule has 1 aromatic heterocycles. The molecule has 0 fully saturated rings. The van der Waals surface area contributed by atoms with Gasteiger partial charge in [-0.2, -0.15) is 13.2 Å². The van der Waals surface area contributed by atoms with Gasteiger partial charge < -0.3 is 9.73 Å². The van der Waals surface area contributed by atoms with Gasteiger partial charge in [-0.25, -0.2) is 0 Å². The normalized spacial score (nSPS) is 11.5.